The first-order valence-corrected chi connectivity index (χ1v) is 8.70. The number of methoxy groups -OCH3 is 1. The third-order valence-corrected chi connectivity index (χ3v) is 4.52. The molecule has 7 nitrogen and oxygen atoms in total. The number of nitrogens with zero attached hydrogens (tertiary/aromatic N) is 1. The van der Waals surface area contributed by atoms with Crippen LogP contribution in [0.4, 0.5) is 10.5 Å². The van der Waals surface area contributed by atoms with Crippen LogP contribution in [0.2, 0.25) is 0 Å². The maximum Gasteiger partial charge on any atom is 0.344 e. The number of hydrogen-bond donors (Lipinski definition) is 3. The SMILES string of the molecule is COc1cccc([C@]2(C)NC(=O)N(NC(=S)Nc3cccc(C)c3)C2=O)c1. The Kier molecular flexibility index (Phi) is 5.00. The highest BCUT2D eigenvalue weighted by Crippen LogP contribution is 2.30. The molecule has 3 rings (SSSR count). The number of imide groups is 1. The second-order valence-electron chi connectivity index (χ2n) is 6.36. The standard InChI is InChI=1S/C19H20N4O3S/c1-12-6-4-8-14(10-12)20-17(27)22-23-16(24)19(2,21-18(23)25)13-7-5-9-15(11-13)26-3/h4-11H,1-3H3,(H,21,25)(H2,20,22,27)/t19-/m0/s1. The predicted octanol–water partition coefficient (Wildman–Crippen LogP) is 2.67. The molecule has 1 heterocycles. The molecule has 8 heteroatoms. The highest BCUT2D eigenvalue weighted by atomic mass is 32.1. The van der Waals surface area contributed by atoms with Crippen LogP contribution < -0.4 is 20.8 Å². The van der Waals surface area contributed by atoms with Crippen LogP contribution in [-0.4, -0.2) is 29.2 Å². The molecule has 27 heavy (non-hydrogen) atoms. The minimum Gasteiger partial charge on any atom is -0.497 e. The lowest BCUT2D eigenvalue weighted by atomic mass is 9.92. The van der Waals surface area contributed by atoms with E-state index in [-0.39, 0.29) is 5.11 Å². The number of hydrazine groups is 1. The van der Waals surface area contributed by atoms with Crippen molar-refractivity contribution in [1.82, 2.24) is 15.8 Å². The molecule has 140 valence electrons. The third-order valence-electron chi connectivity index (χ3n) is 4.33. The van der Waals surface area contributed by atoms with E-state index in [0.717, 1.165) is 16.3 Å². The molecule has 1 saturated heterocycles. The number of rotatable bonds is 4. The molecule has 1 fully saturated rings. The quantitative estimate of drug-likeness (QED) is 0.555. The molecule has 2 aromatic rings. The third kappa shape index (κ3) is 3.70. The number of nitrogens with one attached hydrogen (secondary N) is 3. The van der Waals surface area contributed by atoms with Gasteiger partial charge in [-0.3, -0.25) is 10.2 Å². The summed E-state index contributed by atoms with van der Waals surface area (Å²) in [6, 6.07) is 14.0. The van der Waals surface area contributed by atoms with Gasteiger partial charge < -0.3 is 15.4 Å². The van der Waals surface area contributed by atoms with Gasteiger partial charge in [0.2, 0.25) is 0 Å². The highest BCUT2D eigenvalue weighted by molar-refractivity contribution is 7.80. The number of carbonyl (C=O) groups is 2. The normalized spacial score (nSPS) is 18.9. The first-order valence-electron chi connectivity index (χ1n) is 8.29. The molecule has 1 aliphatic rings. The maximum atomic E-state index is 12.9. The lowest BCUT2D eigenvalue weighted by Gasteiger charge is -2.23. The van der Waals surface area contributed by atoms with Crippen LogP contribution in [0.5, 0.6) is 5.75 Å². The zero-order chi connectivity index (χ0) is 19.6. The van der Waals surface area contributed by atoms with E-state index in [0.29, 0.717) is 11.3 Å². The summed E-state index contributed by atoms with van der Waals surface area (Å²) in [5.74, 6) is 0.132. The van der Waals surface area contributed by atoms with Crippen molar-refractivity contribution in [2.45, 2.75) is 19.4 Å². The molecule has 1 atom stereocenters. The van der Waals surface area contributed by atoms with Crippen molar-refractivity contribution in [2.75, 3.05) is 12.4 Å². The Bertz CT molecular complexity index is 917. The number of carbonyl (C=O) groups excluding carboxylic acids is 2. The van der Waals surface area contributed by atoms with Gasteiger partial charge in [0.25, 0.3) is 5.91 Å². The Morgan fingerprint density at radius 3 is 2.63 bits per heavy atom. The van der Waals surface area contributed by atoms with Gasteiger partial charge in [0.05, 0.1) is 7.11 Å². The van der Waals surface area contributed by atoms with Crippen molar-refractivity contribution in [1.29, 1.82) is 0 Å². The fourth-order valence-corrected chi connectivity index (χ4v) is 3.06. The number of urea groups is 1. The van der Waals surface area contributed by atoms with Gasteiger partial charge in [-0.2, -0.15) is 5.01 Å². The van der Waals surface area contributed by atoms with E-state index >= 15 is 0 Å². The van der Waals surface area contributed by atoms with Gasteiger partial charge in [-0.25, -0.2) is 4.79 Å². The zero-order valence-electron chi connectivity index (χ0n) is 15.2. The van der Waals surface area contributed by atoms with Crippen molar-refractivity contribution < 1.29 is 14.3 Å². The summed E-state index contributed by atoms with van der Waals surface area (Å²) >= 11 is 5.24. The molecule has 0 aromatic heterocycles. The number of amides is 3. The average molecular weight is 384 g/mol. The summed E-state index contributed by atoms with van der Waals surface area (Å²) in [6.45, 7) is 3.60. The Morgan fingerprint density at radius 1 is 1.19 bits per heavy atom. The highest BCUT2D eigenvalue weighted by Gasteiger charge is 2.50. The molecular formula is C19H20N4O3S. The summed E-state index contributed by atoms with van der Waals surface area (Å²) in [5, 5.41) is 6.69. The van der Waals surface area contributed by atoms with Gasteiger partial charge >= 0.3 is 6.03 Å². The molecule has 0 saturated carbocycles. The molecule has 0 unspecified atom stereocenters. The summed E-state index contributed by atoms with van der Waals surface area (Å²) in [5.41, 5.74) is 3.87. The molecule has 1 aliphatic heterocycles. The molecule has 3 amide bonds. The summed E-state index contributed by atoms with van der Waals surface area (Å²) in [4.78, 5) is 25.3. The smallest absolute Gasteiger partial charge is 0.344 e. The van der Waals surface area contributed by atoms with E-state index < -0.39 is 17.5 Å². The van der Waals surface area contributed by atoms with Gasteiger partial charge in [-0.05, 0) is 61.5 Å². The molecule has 0 aliphatic carbocycles. The van der Waals surface area contributed by atoms with Crippen LogP contribution >= 0.6 is 12.2 Å². The van der Waals surface area contributed by atoms with E-state index in [2.05, 4.69) is 16.1 Å². The molecule has 0 spiro atoms. The predicted molar refractivity (Wildman–Crippen MR) is 106 cm³/mol. The van der Waals surface area contributed by atoms with E-state index in [4.69, 9.17) is 17.0 Å². The summed E-state index contributed by atoms with van der Waals surface area (Å²) < 4.78 is 5.20. The zero-order valence-corrected chi connectivity index (χ0v) is 16.0. The van der Waals surface area contributed by atoms with Gasteiger partial charge in [0.1, 0.15) is 11.3 Å². The van der Waals surface area contributed by atoms with Crippen molar-refractivity contribution in [3.8, 4) is 5.75 Å². The van der Waals surface area contributed by atoms with Crippen molar-refractivity contribution in [3.63, 3.8) is 0 Å². The first-order chi connectivity index (χ1) is 12.8. The van der Waals surface area contributed by atoms with Gasteiger partial charge in [0, 0.05) is 5.69 Å². The van der Waals surface area contributed by atoms with Crippen molar-refractivity contribution in [2.24, 2.45) is 0 Å². The summed E-state index contributed by atoms with van der Waals surface area (Å²) in [6.07, 6.45) is 0. The lowest BCUT2D eigenvalue weighted by Crippen LogP contribution is -2.49. The Hall–Kier alpha value is -3.13. The van der Waals surface area contributed by atoms with E-state index in [9.17, 15) is 9.59 Å². The largest absolute Gasteiger partial charge is 0.497 e. The Morgan fingerprint density at radius 2 is 1.93 bits per heavy atom. The van der Waals surface area contributed by atoms with Gasteiger partial charge in [-0.15, -0.1) is 0 Å². The number of hydrogen-bond acceptors (Lipinski definition) is 4. The van der Waals surface area contributed by atoms with Crippen LogP contribution in [0.3, 0.4) is 0 Å². The van der Waals surface area contributed by atoms with E-state index in [1.165, 1.54) is 0 Å². The molecule has 0 bridgehead atoms. The van der Waals surface area contributed by atoms with Crippen molar-refractivity contribution >= 4 is 35.0 Å². The molecule has 2 aromatic carbocycles. The fraction of sp³-hybridized carbons (Fsp3) is 0.211. The Labute approximate surface area is 162 Å². The van der Waals surface area contributed by atoms with Crippen LogP contribution in [0.15, 0.2) is 48.5 Å². The van der Waals surface area contributed by atoms with Crippen LogP contribution in [-0.2, 0) is 10.3 Å². The topological polar surface area (TPSA) is 82.7 Å². The van der Waals surface area contributed by atoms with Crippen LogP contribution in [0, 0.1) is 6.92 Å². The van der Waals surface area contributed by atoms with Gasteiger partial charge in [-0.1, -0.05) is 24.3 Å². The minimum absolute atomic E-state index is 0.138. The maximum absolute atomic E-state index is 12.9. The van der Waals surface area contributed by atoms with E-state index in [1.54, 1.807) is 38.3 Å². The fourth-order valence-electron chi connectivity index (χ4n) is 2.85. The number of thiocarbonyl (C=S) groups is 1. The average Bonchev–Trinajstić information content (AvgIpc) is 2.86. The second-order valence-corrected chi connectivity index (χ2v) is 6.77. The van der Waals surface area contributed by atoms with Crippen LogP contribution in [0.25, 0.3) is 0 Å². The van der Waals surface area contributed by atoms with Crippen LogP contribution in [0.1, 0.15) is 18.1 Å². The first kappa shape index (κ1) is 18.7. The van der Waals surface area contributed by atoms with E-state index in [1.807, 2.05) is 31.2 Å². The molecule has 3 N–H and O–H groups in total. The van der Waals surface area contributed by atoms with Gasteiger partial charge in [0.15, 0.2) is 5.11 Å². The Balaban J connectivity index is 1.76. The minimum atomic E-state index is -1.22. The molecular weight excluding hydrogens is 364 g/mol. The lowest BCUT2D eigenvalue weighted by molar-refractivity contribution is -0.132. The summed E-state index contributed by atoms with van der Waals surface area (Å²) in [7, 11) is 1.54. The molecule has 0 radical (unpaired) electrons. The number of ether oxygens (including phenoxy) is 1. The number of anilines is 1. The number of aryl methyl sites for hydroxylation is 1. The monoisotopic (exact) mass is 384 g/mol. The number of benzene rings is 2. The second kappa shape index (κ2) is 7.24. The van der Waals surface area contributed by atoms with Crippen molar-refractivity contribution in [3.05, 3.63) is 59.7 Å².